The van der Waals surface area contributed by atoms with Crippen LogP contribution in [0.15, 0.2) is 10.9 Å². The van der Waals surface area contributed by atoms with Crippen LogP contribution in [0.4, 0.5) is 5.82 Å². The van der Waals surface area contributed by atoms with Gasteiger partial charge >= 0.3 is 5.97 Å². The van der Waals surface area contributed by atoms with Crippen LogP contribution in [0.3, 0.4) is 0 Å². The minimum atomic E-state index is -0.811. The molecule has 0 bridgehead atoms. The highest BCUT2D eigenvalue weighted by atomic mass is 16.4. The predicted molar refractivity (Wildman–Crippen MR) is 66.7 cm³/mol. The summed E-state index contributed by atoms with van der Waals surface area (Å²) in [5.41, 5.74) is -0.166. The van der Waals surface area contributed by atoms with Crippen molar-refractivity contribution in [3.05, 3.63) is 22.2 Å². The van der Waals surface area contributed by atoms with E-state index in [9.17, 15) is 9.59 Å². The zero-order valence-electron chi connectivity index (χ0n) is 10.3. The summed E-state index contributed by atoms with van der Waals surface area (Å²) in [6.07, 6.45) is 2.65. The average Bonchev–Trinajstić information content (AvgIpc) is 3.11. The first-order chi connectivity index (χ1) is 8.56. The highest BCUT2D eigenvalue weighted by molar-refractivity contribution is 5.69. The molecule has 3 N–H and O–H groups in total. The van der Waals surface area contributed by atoms with Crippen molar-refractivity contribution >= 4 is 11.8 Å². The molecule has 0 spiro atoms. The Balaban J connectivity index is 1.92. The van der Waals surface area contributed by atoms with E-state index in [2.05, 4.69) is 15.3 Å². The van der Waals surface area contributed by atoms with Gasteiger partial charge in [0.05, 0.1) is 5.92 Å². The first kappa shape index (κ1) is 12.6. The Kier molecular flexibility index (Phi) is 3.64. The summed E-state index contributed by atoms with van der Waals surface area (Å²) in [7, 11) is 0. The van der Waals surface area contributed by atoms with Crippen molar-refractivity contribution < 1.29 is 9.90 Å². The Bertz CT molecular complexity index is 494. The molecule has 1 saturated carbocycles. The molecule has 0 aromatic carbocycles. The van der Waals surface area contributed by atoms with Crippen molar-refractivity contribution in [2.75, 3.05) is 11.9 Å². The van der Waals surface area contributed by atoms with Gasteiger partial charge in [-0.2, -0.15) is 0 Å². The molecule has 18 heavy (non-hydrogen) atoms. The van der Waals surface area contributed by atoms with Gasteiger partial charge in [-0.05, 0) is 19.3 Å². The Hall–Kier alpha value is -1.85. The first-order valence-corrected chi connectivity index (χ1v) is 6.14. The fourth-order valence-electron chi connectivity index (χ4n) is 1.66. The molecule has 0 radical (unpaired) electrons. The minimum Gasteiger partial charge on any atom is -0.481 e. The number of hydrogen-bond acceptors (Lipinski definition) is 4. The van der Waals surface area contributed by atoms with Crippen LogP contribution >= 0.6 is 0 Å². The molecule has 1 unspecified atom stereocenters. The Morgan fingerprint density at radius 3 is 3.00 bits per heavy atom. The standard InChI is InChI=1S/C12H17N3O3/c1-7(12(17)18)4-5-13-9-6-10(16)15-11(14-9)8-2-3-8/h6-8H,2-5H2,1H3,(H,17,18)(H2,13,14,15,16). The van der Waals surface area contributed by atoms with Crippen LogP contribution in [0.1, 0.15) is 37.9 Å². The number of H-pyrrole nitrogens is 1. The summed E-state index contributed by atoms with van der Waals surface area (Å²) in [4.78, 5) is 29.1. The molecule has 0 amide bonds. The van der Waals surface area contributed by atoms with Crippen LogP contribution in [-0.2, 0) is 4.79 Å². The smallest absolute Gasteiger partial charge is 0.306 e. The molecule has 1 aromatic rings. The van der Waals surface area contributed by atoms with Gasteiger partial charge in [-0.3, -0.25) is 9.59 Å². The third-order valence-electron chi connectivity index (χ3n) is 3.03. The van der Waals surface area contributed by atoms with Crippen molar-refractivity contribution in [1.29, 1.82) is 0 Å². The zero-order chi connectivity index (χ0) is 13.1. The number of aromatic nitrogens is 2. The van der Waals surface area contributed by atoms with Gasteiger partial charge in [0, 0.05) is 18.5 Å². The third kappa shape index (κ3) is 3.32. The lowest BCUT2D eigenvalue weighted by Gasteiger charge is -2.08. The number of rotatable bonds is 6. The topological polar surface area (TPSA) is 95.1 Å². The number of hydrogen-bond donors (Lipinski definition) is 3. The monoisotopic (exact) mass is 251 g/mol. The van der Waals surface area contributed by atoms with Crippen LogP contribution in [0, 0.1) is 5.92 Å². The number of carboxylic acid groups (broad SMARTS) is 1. The zero-order valence-corrected chi connectivity index (χ0v) is 10.3. The summed E-state index contributed by atoms with van der Waals surface area (Å²) < 4.78 is 0. The summed E-state index contributed by atoms with van der Waals surface area (Å²) >= 11 is 0. The van der Waals surface area contributed by atoms with Gasteiger partial charge in [0.1, 0.15) is 11.6 Å². The van der Waals surface area contributed by atoms with E-state index in [0.717, 1.165) is 18.7 Å². The van der Waals surface area contributed by atoms with Crippen molar-refractivity contribution in [3.63, 3.8) is 0 Å². The summed E-state index contributed by atoms with van der Waals surface area (Å²) in [5.74, 6) is 0.434. The van der Waals surface area contributed by atoms with Gasteiger partial charge in [-0.1, -0.05) is 6.92 Å². The van der Waals surface area contributed by atoms with E-state index in [4.69, 9.17) is 5.11 Å². The maximum absolute atomic E-state index is 11.4. The van der Waals surface area contributed by atoms with Crippen LogP contribution in [0.25, 0.3) is 0 Å². The highest BCUT2D eigenvalue weighted by Gasteiger charge is 2.26. The number of nitrogens with one attached hydrogen (secondary N) is 2. The van der Waals surface area contributed by atoms with Crippen LogP contribution in [0.2, 0.25) is 0 Å². The molecule has 98 valence electrons. The lowest BCUT2D eigenvalue weighted by Crippen LogP contribution is -2.17. The fourth-order valence-corrected chi connectivity index (χ4v) is 1.66. The second-order valence-electron chi connectivity index (χ2n) is 4.74. The van der Waals surface area contributed by atoms with Gasteiger partial charge in [0.15, 0.2) is 0 Å². The van der Waals surface area contributed by atoms with Crippen molar-refractivity contribution in [2.24, 2.45) is 5.92 Å². The van der Waals surface area contributed by atoms with E-state index in [0.29, 0.717) is 24.7 Å². The molecule has 6 heteroatoms. The molecule has 6 nitrogen and oxygen atoms in total. The molecule has 1 heterocycles. The minimum absolute atomic E-state index is 0.166. The van der Waals surface area contributed by atoms with Gasteiger partial charge in [0.25, 0.3) is 5.56 Å². The fraction of sp³-hybridized carbons (Fsp3) is 0.583. The van der Waals surface area contributed by atoms with E-state index in [-0.39, 0.29) is 5.56 Å². The number of anilines is 1. The normalized spacial score (nSPS) is 16.3. The maximum Gasteiger partial charge on any atom is 0.306 e. The molecule has 1 aromatic heterocycles. The van der Waals surface area contributed by atoms with E-state index in [1.807, 2.05) is 0 Å². The molecule has 0 saturated heterocycles. The molecule has 2 rings (SSSR count). The Morgan fingerprint density at radius 1 is 1.67 bits per heavy atom. The molecule has 1 aliphatic rings. The quantitative estimate of drug-likeness (QED) is 0.705. The average molecular weight is 251 g/mol. The molecule has 1 atom stereocenters. The van der Waals surface area contributed by atoms with Gasteiger partial charge < -0.3 is 15.4 Å². The molecule has 1 fully saturated rings. The van der Waals surface area contributed by atoms with E-state index in [1.165, 1.54) is 6.07 Å². The van der Waals surface area contributed by atoms with Gasteiger partial charge in [-0.25, -0.2) is 4.98 Å². The van der Waals surface area contributed by atoms with Gasteiger partial charge in [-0.15, -0.1) is 0 Å². The largest absolute Gasteiger partial charge is 0.481 e. The van der Waals surface area contributed by atoms with E-state index in [1.54, 1.807) is 6.92 Å². The SMILES string of the molecule is CC(CCNc1cc(=O)[nH]c(C2CC2)n1)C(=O)O. The van der Waals surface area contributed by atoms with Gasteiger partial charge in [0.2, 0.25) is 0 Å². The summed E-state index contributed by atoms with van der Waals surface area (Å²) in [6.45, 7) is 2.15. The van der Waals surface area contributed by atoms with Crippen molar-refractivity contribution in [3.8, 4) is 0 Å². The van der Waals surface area contributed by atoms with Crippen LogP contribution < -0.4 is 10.9 Å². The molecule has 0 aliphatic heterocycles. The Morgan fingerprint density at radius 2 is 2.39 bits per heavy atom. The summed E-state index contributed by atoms with van der Waals surface area (Å²) in [6, 6.07) is 1.40. The van der Waals surface area contributed by atoms with Crippen LogP contribution in [-0.4, -0.2) is 27.6 Å². The first-order valence-electron chi connectivity index (χ1n) is 6.14. The Labute approximate surface area is 104 Å². The number of carbonyl (C=O) groups is 1. The second kappa shape index (κ2) is 5.20. The lowest BCUT2D eigenvalue weighted by molar-refractivity contribution is -0.141. The van der Waals surface area contributed by atoms with E-state index < -0.39 is 11.9 Å². The third-order valence-corrected chi connectivity index (χ3v) is 3.03. The number of nitrogens with zero attached hydrogens (tertiary/aromatic N) is 1. The number of aliphatic carboxylic acids is 1. The number of aromatic amines is 1. The summed E-state index contributed by atoms with van der Waals surface area (Å²) in [5, 5.41) is 11.7. The molecule has 1 aliphatic carbocycles. The number of carboxylic acids is 1. The van der Waals surface area contributed by atoms with Crippen molar-refractivity contribution in [2.45, 2.75) is 32.1 Å². The second-order valence-corrected chi connectivity index (χ2v) is 4.74. The predicted octanol–water partition coefficient (Wildman–Crippen LogP) is 1.17. The lowest BCUT2D eigenvalue weighted by atomic mass is 10.1. The maximum atomic E-state index is 11.4. The van der Waals surface area contributed by atoms with Crippen LogP contribution in [0.5, 0.6) is 0 Å². The van der Waals surface area contributed by atoms with E-state index >= 15 is 0 Å². The molecular formula is C12H17N3O3. The molecular weight excluding hydrogens is 234 g/mol. The van der Waals surface area contributed by atoms with Crippen molar-refractivity contribution in [1.82, 2.24) is 9.97 Å². The highest BCUT2D eigenvalue weighted by Crippen LogP contribution is 2.37.